The summed E-state index contributed by atoms with van der Waals surface area (Å²) in [4.78, 5) is 0. The highest BCUT2D eigenvalue weighted by Crippen LogP contribution is 2.22. The lowest BCUT2D eigenvalue weighted by molar-refractivity contribution is 0.365. The van der Waals surface area contributed by atoms with Crippen molar-refractivity contribution in [1.82, 2.24) is 14.9 Å². The molecule has 1 aliphatic carbocycles. The van der Waals surface area contributed by atoms with Crippen LogP contribution in [0.1, 0.15) is 37.9 Å². The Labute approximate surface area is 95.1 Å². The predicted molar refractivity (Wildman–Crippen MR) is 63.0 cm³/mol. The average molecular weight is 226 g/mol. The Balaban J connectivity index is 1.89. The average Bonchev–Trinajstić information content (AvgIpc) is 2.58. The van der Waals surface area contributed by atoms with Crippen LogP contribution in [0, 0.1) is 17.6 Å². The van der Waals surface area contributed by atoms with Crippen molar-refractivity contribution in [2.24, 2.45) is 5.92 Å². The maximum absolute atomic E-state index is 5.12. The molecule has 4 nitrogen and oxygen atoms in total. The van der Waals surface area contributed by atoms with E-state index in [4.69, 9.17) is 12.2 Å². The monoisotopic (exact) mass is 226 g/mol. The van der Waals surface area contributed by atoms with Crippen LogP contribution in [0.2, 0.25) is 0 Å². The molecule has 2 N–H and O–H groups in total. The molecule has 1 aromatic rings. The van der Waals surface area contributed by atoms with Crippen LogP contribution in [0.15, 0.2) is 0 Å². The van der Waals surface area contributed by atoms with E-state index >= 15 is 0 Å². The van der Waals surface area contributed by atoms with E-state index in [0.717, 1.165) is 18.3 Å². The van der Waals surface area contributed by atoms with Crippen molar-refractivity contribution in [2.75, 3.05) is 12.0 Å². The Bertz CT molecular complexity index is 362. The van der Waals surface area contributed by atoms with Crippen LogP contribution >= 0.6 is 12.2 Å². The van der Waals surface area contributed by atoms with Gasteiger partial charge in [0.15, 0.2) is 0 Å². The van der Waals surface area contributed by atoms with Gasteiger partial charge in [-0.3, -0.25) is 5.10 Å². The number of hydrogen-bond donors (Lipinski definition) is 2. The lowest BCUT2D eigenvalue weighted by atomic mass is 9.89. The third-order valence-electron chi connectivity index (χ3n) is 3.10. The molecule has 1 aliphatic rings. The van der Waals surface area contributed by atoms with Gasteiger partial charge in [0.1, 0.15) is 5.82 Å². The SMILES string of the molecule is Cc1n[nH]c(=S)n1NCC1CCCCC1. The standard InChI is InChI=1S/C10H18N4S/c1-8-12-13-10(15)14(8)11-7-9-5-3-2-4-6-9/h9,11H,2-7H2,1H3,(H,13,15). The van der Waals surface area contributed by atoms with E-state index in [9.17, 15) is 0 Å². The zero-order chi connectivity index (χ0) is 10.7. The quantitative estimate of drug-likeness (QED) is 0.778. The molecule has 1 saturated carbocycles. The lowest BCUT2D eigenvalue weighted by Gasteiger charge is -2.22. The Morgan fingerprint density at radius 3 is 2.80 bits per heavy atom. The molecule has 0 aromatic carbocycles. The van der Waals surface area contributed by atoms with Crippen LogP contribution < -0.4 is 5.43 Å². The van der Waals surface area contributed by atoms with E-state index in [2.05, 4.69) is 15.6 Å². The third kappa shape index (κ3) is 2.59. The van der Waals surface area contributed by atoms with Gasteiger partial charge in [-0.25, -0.2) is 4.68 Å². The molecule has 0 atom stereocenters. The molecule has 5 heteroatoms. The van der Waals surface area contributed by atoms with Crippen LogP contribution in [-0.2, 0) is 0 Å². The Hall–Kier alpha value is -0.840. The van der Waals surface area contributed by atoms with E-state index in [1.807, 2.05) is 11.6 Å². The first kappa shape index (κ1) is 10.7. The van der Waals surface area contributed by atoms with Crippen molar-refractivity contribution in [1.29, 1.82) is 0 Å². The molecule has 15 heavy (non-hydrogen) atoms. The fourth-order valence-electron chi connectivity index (χ4n) is 2.17. The van der Waals surface area contributed by atoms with E-state index in [1.165, 1.54) is 32.1 Å². The Morgan fingerprint density at radius 1 is 1.47 bits per heavy atom. The van der Waals surface area contributed by atoms with Crippen molar-refractivity contribution in [3.8, 4) is 0 Å². The summed E-state index contributed by atoms with van der Waals surface area (Å²) in [5.41, 5.74) is 3.35. The minimum Gasteiger partial charge on any atom is -0.322 e. The maximum atomic E-state index is 5.12. The predicted octanol–water partition coefficient (Wildman–Crippen LogP) is 2.37. The minimum atomic E-state index is 0.656. The second-order valence-corrected chi connectivity index (χ2v) is 4.66. The number of nitrogens with one attached hydrogen (secondary N) is 2. The van der Waals surface area contributed by atoms with Gasteiger partial charge in [-0.2, -0.15) is 5.10 Å². The van der Waals surface area contributed by atoms with Gasteiger partial charge in [-0.05, 0) is 37.9 Å². The third-order valence-corrected chi connectivity index (χ3v) is 3.38. The van der Waals surface area contributed by atoms with Crippen molar-refractivity contribution < 1.29 is 0 Å². The minimum absolute atomic E-state index is 0.656. The Morgan fingerprint density at radius 2 is 2.20 bits per heavy atom. The highest BCUT2D eigenvalue weighted by atomic mass is 32.1. The first-order valence-electron chi connectivity index (χ1n) is 5.65. The maximum Gasteiger partial charge on any atom is 0.214 e. The van der Waals surface area contributed by atoms with E-state index < -0.39 is 0 Å². The highest BCUT2D eigenvalue weighted by molar-refractivity contribution is 7.71. The number of aromatic amines is 1. The number of rotatable bonds is 3. The van der Waals surface area contributed by atoms with Gasteiger partial charge in [0, 0.05) is 6.54 Å². The number of aryl methyl sites for hydroxylation is 1. The van der Waals surface area contributed by atoms with Crippen LogP contribution in [0.25, 0.3) is 0 Å². The van der Waals surface area contributed by atoms with Gasteiger partial charge in [-0.15, -0.1) is 0 Å². The summed E-state index contributed by atoms with van der Waals surface area (Å²) in [5, 5.41) is 6.84. The summed E-state index contributed by atoms with van der Waals surface area (Å²) >= 11 is 5.12. The van der Waals surface area contributed by atoms with Gasteiger partial charge >= 0.3 is 0 Å². The van der Waals surface area contributed by atoms with Crippen molar-refractivity contribution in [3.05, 3.63) is 10.6 Å². The highest BCUT2D eigenvalue weighted by Gasteiger charge is 2.13. The molecule has 0 spiro atoms. The first-order valence-corrected chi connectivity index (χ1v) is 6.06. The summed E-state index contributed by atoms with van der Waals surface area (Å²) in [6, 6.07) is 0. The smallest absolute Gasteiger partial charge is 0.214 e. The molecular formula is C10H18N4S. The van der Waals surface area contributed by atoms with Gasteiger partial charge in [0.2, 0.25) is 4.77 Å². The summed E-state index contributed by atoms with van der Waals surface area (Å²) < 4.78 is 2.52. The second-order valence-electron chi connectivity index (χ2n) is 4.28. The molecule has 84 valence electrons. The van der Waals surface area contributed by atoms with Gasteiger partial charge in [-0.1, -0.05) is 19.3 Å². The van der Waals surface area contributed by atoms with Crippen LogP contribution in [-0.4, -0.2) is 21.4 Å². The molecule has 1 fully saturated rings. The normalized spacial score (nSPS) is 17.9. The summed E-state index contributed by atoms with van der Waals surface area (Å²) in [7, 11) is 0. The van der Waals surface area contributed by atoms with Crippen molar-refractivity contribution in [2.45, 2.75) is 39.0 Å². The molecule has 0 amide bonds. The van der Waals surface area contributed by atoms with Crippen molar-refractivity contribution >= 4 is 12.2 Å². The molecule has 1 aromatic heterocycles. The van der Waals surface area contributed by atoms with Crippen LogP contribution in [0.4, 0.5) is 0 Å². The molecule has 0 saturated heterocycles. The fourth-order valence-corrected chi connectivity index (χ4v) is 2.42. The fraction of sp³-hybridized carbons (Fsp3) is 0.800. The summed E-state index contributed by atoms with van der Waals surface area (Å²) in [6.07, 6.45) is 6.85. The van der Waals surface area contributed by atoms with Gasteiger partial charge in [0.05, 0.1) is 0 Å². The van der Waals surface area contributed by atoms with Gasteiger partial charge < -0.3 is 5.43 Å². The van der Waals surface area contributed by atoms with E-state index in [1.54, 1.807) is 0 Å². The van der Waals surface area contributed by atoms with Crippen LogP contribution in [0.5, 0.6) is 0 Å². The molecule has 0 unspecified atom stereocenters. The second kappa shape index (κ2) is 4.79. The van der Waals surface area contributed by atoms with Gasteiger partial charge in [0.25, 0.3) is 0 Å². The van der Waals surface area contributed by atoms with Crippen LogP contribution in [0.3, 0.4) is 0 Å². The number of aromatic nitrogens is 3. The summed E-state index contributed by atoms with van der Waals surface area (Å²) in [6.45, 7) is 2.95. The molecule has 0 radical (unpaired) electrons. The molecule has 1 heterocycles. The Kier molecular flexibility index (Phi) is 3.41. The molecule has 2 rings (SSSR count). The number of hydrogen-bond acceptors (Lipinski definition) is 3. The summed E-state index contributed by atoms with van der Waals surface area (Å²) in [5.74, 6) is 1.70. The molecule has 0 aliphatic heterocycles. The van der Waals surface area contributed by atoms with Crippen molar-refractivity contribution in [3.63, 3.8) is 0 Å². The zero-order valence-electron chi connectivity index (χ0n) is 9.12. The number of H-pyrrole nitrogens is 1. The molecule has 0 bridgehead atoms. The lowest BCUT2D eigenvalue weighted by Crippen LogP contribution is -2.24. The largest absolute Gasteiger partial charge is 0.322 e. The molecular weight excluding hydrogens is 208 g/mol. The van der Waals surface area contributed by atoms with E-state index in [0.29, 0.717) is 4.77 Å². The zero-order valence-corrected chi connectivity index (χ0v) is 9.94. The van der Waals surface area contributed by atoms with E-state index in [-0.39, 0.29) is 0 Å². The number of nitrogens with zero attached hydrogens (tertiary/aromatic N) is 2. The topological polar surface area (TPSA) is 45.6 Å². The first-order chi connectivity index (χ1) is 7.27.